The lowest BCUT2D eigenvalue weighted by Crippen LogP contribution is -2.22. The van der Waals surface area contributed by atoms with Crippen molar-refractivity contribution in [1.29, 1.82) is 0 Å². The SMILES string of the molecule is COCC(O)COc1ccc(OC)cc1CO. The third-order valence-corrected chi connectivity index (χ3v) is 2.23. The van der Waals surface area contributed by atoms with Crippen LogP contribution in [0.5, 0.6) is 11.5 Å². The van der Waals surface area contributed by atoms with Crippen LogP contribution in [0.1, 0.15) is 5.56 Å². The molecule has 0 heterocycles. The molecule has 0 aliphatic heterocycles. The van der Waals surface area contributed by atoms with Crippen molar-refractivity contribution in [3.8, 4) is 11.5 Å². The van der Waals surface area contributed by atoms with E-state index in [4.69, 9.17) is 14.2 Å². The maximum Gasteiger partial charge on any atom is 0.125 e. The molecule has 0 fully saturated rings. The van der Waals surface area contributed by atoms with Crippen molar-refractivity contribution in [3.05, 3.63) is 23.8 Å². The maximum absolute atomic E-state index is 9.44. The fourth-order valence-corrected chi connectivity index (χ4v) is 1.37. The molecule has 17 heavy (non-hydrogen) atoms. The van der Waals surface area contributed by atoms with Crippen molar-refractivity contribution in [2.45, 2.75) is 12.7 Å². The second kappa shape index (κ2) is 7.11. The summed E-state index contributed by atoms with van der Waals surface area (Å²) >= 11 is 0. The molecule has 0 spiro atoms. The molecule has 0 saturated heterocycles. The van der Waals surface area contributed by atoms with Gasteiger partial charge in [0.25, 0.3) is 0 Å². The van der Waals surface area contributed by atoms with E-state index in [9.17, 15) is 10.2 Å². The zero-order chi connectivity index (χ0) is 12.7. The fourth-order valence-electron chi connectivity index (χ4n) is 1.37. The normalized spacial score (nSPS) is 12.2. The number of hydrogen-bond acceptors (Lipinski definition) is 5. The van der Waals surface area contributed by atoms with Gasteiger partial charge in [-0.25, -0.2) is 0 Å². The number of rotatable bonds is 7. The fraction of sp³-hybridized carbons (Fsp3) is 0.500. The van der Waals surface area contributed by atoms with Crippen molar-refractivity contribution in [1.82, 2.24) is 0 Å². The molecule has 0 amide bonds. The van der Waals surface area contributed by atoms with E-state index in [1.165, 1.54) is 7.11 Å². The van der Waals surface area contributed by atoms with Gasteiger partial charge in [0, 0.05) is 12.7 Å². The Labute approximate surface area is 101 Å². The average molecular weight is 242 g/mol. The summed E-state index contributed by atoms with van der Waals surface area (Å²) in [6.07, 6.45) is -0.686. The van der Waals surface area contributed by atoms with E-state index in [0.717, 1.165) is 0 Å². The Kier molecular flexibility index (Phi) is 5.76. The monoisotopic (exact) mass is 242 g/mol. The van der Waals surface area contributed by atoms with Gasteiger partial charge in [-0.05, 0) is 18.2 Å². The molecule has 1 aromatic carbocycles. The number of aliphatic hydroxyl groups is 2. The summed E-state index contributed by atoms with van der Waals surface area (Å²) in [5.74, 6) is 1.18. The zero-order valence-corrected chi connectivity index (χ0v) is 10.0. The molecule has 1 unspecified atom stereocenters. The summed E-state index contributed by atoms with van der Waals surface area (Å²) in [6, 6.07) is 5.12. The van der Waals surface area contributed by atoms with Gasteiger partial charge in [0.05, 0.1) is 20.3 Å². The molecule has 96 valence electrons. The first-order valence-electron chi connectivity index (χ1n) is 5.28. The highest BCUT2D eigenvalue weighted by Gasteiger charge is 2.08. The Bertz CT molecular complexity index is 340. The minimum absolute atomic E-state index is 0.118. The summed E-state index contributed by atoms with van der Waals surface area (Å²) < 4.78 is 15.2. The number of benzene rings is 1. The average Bonchev–Trinajstić information content (AvgIpc) is 2.36. The molecule has 1 aromatic rings. The Morgan fingerprint density at radius 3 is 2.59 bits per heavy atom. The number of ether oxygens (including phenoxy) is 3. The van der Waals surface area contributed by atoms with Gasteiger partial charge in [-0.1, -0.05) is 0 Å². The molecule has 0 saturated carbocycles. The van der Waals surface area contributed by atoms with Crippen molar-refractivity contribution in [2.24, 2.45) is 0 Å². The van der Waals surface area contributed by atoms with E-state index in [2.05, 4.69) is 0 Å². The van der Waals surface area contributed by atoms with Crippen molar-refractivity contribution < 1.29 is 24.4 Å². The van der Waals surface area contributed by atoms with Gasteiger partial charge in [0.1, 0.15) is 24.2 Å². The molecule has 0 radical (unpaired) electrons. The highest BCUT2D eigenvalue weighted by atomic mass is 16.5. The van der Waals surface area contributed by atoms with Gasteiger partial charge in [0.15, 0.2) is 0 Å². The van der Waals surface area contributed by atoms with Crippen LogP contribution in [0.2, 0.25) is 0 Å². The number of methoxy groups -OCH3 is 2. The number of hydrogen-bond donors (Lipinski definition) is 2. The second-order valence-corrected chi connectivity index (χ2v) is 3.55. The van der Waals surface area contributed by atoms with Crippen LogP contribution < -0.4 is 9.47 Å². The third-order valence-electron chi connectivity index (χ3n) is 2.23. The van der Waals surface area contributed by atoms with Crippen LogP contribution in [-0.4, -0.2) is 43.8 Å². The summed E-state index contributed by atoms with van der Waals surface area (Å²) in [6.45, 7) is 0.185. The first-order chi connectivity index (χ1) is 8.21. The van der Waals surface area contributed by atoms with Gasteiger partial charge >= 0.3 is 0 Å². The van der Waals surface area contributed by atoms with Crippen LogP contribution in [0.25, 0.3) is 0 Å². The van der Waals surface area contributed by atoms with Gasteiger partial charge in [-0.2, -0.15) is 0 Å². The van der Waals surface area contributed by atoms with E-state index in [0.29, 0.717) is 17.1 Å². The lowest BCUT2D eigenvalue weighted by molar-refractivity contribution is 0.0320. The van der Waals surface area contributed by atoms with Gasteiger partial charge in [-0.3, -0.25) is 0 Å². The lowest BCUT2D eigenvalue weighted by Gasteiger charge is -2.14. The molecule has 2 N–H and O–H groups in total. The predicted molar refractivity (Wildman–Crippen MR) is 62.3 cm³/mol. The van der Waals surface area contributed by atoms with Crippen molar-refractivity contribution in [2.75, 3.05) is 27.4 Å². The Morgan fingerprint density at radius 1 is 1.24 bits per heavy atom. The van der Waals surface area contributed by atoms with Crippen molar-refractivity contribution >= 4 is 0 Å². The second-order valence-electron chi connectivity index (χ2n) is 3.55. The standard InChI is InChI=1S/C12H18O5/c1-15-7-10(14)8-17-12-4-3-11(16-2)5-9(12)6-13/h3-5,10,13-14H,6-8H2,1-2H3. The topological polar surface area (TPSA) is 68.2 Å². The van der Waals surface area contributed by atoms with Crippen LogP contribution in [-0.2, 0) is 11.3 Å². The molecular weight excluding hydrogens is 224 g/mol. The molecule has 0 aromatic heterocycles. The molecule has 0 aliphatic rings. The molecule has 1 atom stereocenters. The minimum Gasteiger partial charge on any atom is -0.497 e. The Balaban J connectivity index is 2.63. The van der Waals surface area contributed by atoms with Crippen LogP contribution in [0.3, 0.4) is 0 Å². The largest absolute Gasteiger partial charge is 0.497 e. The first kappa shape index (κ1) is 13.8. The Hall–Kier alpha value is -1.30. The molecule has 5 heteroatoms. The van der Waals surface area contributed by atoms with Crippen molar-refractivity contribution in [3.63, 3.8) is 0 Å². The van der Waals surface area contributed by atoms with Crippen LogP contribution in [0.15, 0.2) is 18.2 Å². The van der Waals surface area contributed by atoms with Crippen LogP contribution >= 0.6 is 0 Å². The zero-order valence-electron chi connectivity index (χ0n) is 10.0. The molecule has 0 bridgehead atoms. The Morgan fingerprint density at radius 2 is 2.00 bits per heavy atom. The summed E-state index contributed by atoms with van der Waals surface area (Å²) in [4.78, 5) is 0. The smallest absolute Gasteiger partial charge is 0.125 e. The minimum atomic E-state index is -0.686. The van der Waals surface area contributed by atoms with Gasteiger partial charge < -0.3 is 24.4 Å². The third kappa shape index (κ3) is 4.22. The lowest BCUT2D eigenvalue weighted by atomic mass is 10.2. The van der Waals surface area contributed by atoms with E-state index in [-0.39, 0.29) is 19.8 Å². The molecule has 0 aliphatic carbocycles. The predicted octanol–water partition coefficient (Wildman–Crippen LogP) is 0.574. The molecule has 1 rings (SSSR count). The maximum atomic E-state index is 9.44. The van der Waals surface area contributed by atoms with Gasteiger partial charge in [-0.15, -0.1) is 0 Å². The summed E-state index contributed by atoms with van der Waals surface area (Å²) in [5, 5.41) is 18.6. The van der Waals surface area contributed by atoms with E-state index in [1.807, 2.05) is 0 Å². The van der Waals surface area contributed by atoms with Crippen LogP contribution in [0.4, 0.5) is 0 Å². The summed E-state index contributed by atoms with van der Waals surface area (Å²) in [7, 11) is 3.06. The highest BCUT2D eigenvalue weighted by molar-refractivity contribution is 5.39. The van der Waals surface area contributed by atoms with Crippen LogP contribution in [0, 0.1) is 0 Å². The van der Waals surface area contributed by atoms with Gasteiger partial charge in [0.2, 0.25) is 0 Å². The number of aliphatic hydroxyl groups excluding tert-OH is 2. The van der Waals surface area contributed by atoms with E-state index < -0.39 is 6.10 Å². The molecular formula is C12H18O5. The quantitative estimate of drug-likeness (QED) is 0.731. The molecule has 5 nitrogen and oxygen atoms in total. The highest BCUT2D eigenvalue weighted by Crippen LogP contribution is 2.24. The first-order valence-corrected chi connectivity index (χ1v) is 5.28. The van der Waals surface area contributed by atoms with E-state index in [1.54, 1.807) is 25.3 Å². The van der Waals surface area contributed by atoms with E-state index >= 15 is 0 Å². The summed E-state index contributed by atoms with van der Waals surface area (Å²) in [5.41, 5.74) is 0.619.